The number of rotatable bonds is 5. The van der Waals surface area contributed by atoms with E-state index in [1.165, 1.54) is 0 Å². The van der Waals surface area contributed by atoms with Crippen LogP contribution in [0.3, 0.4) is 0 Å². The summed E-state index contributed by atoms with van der Waals surface area (Å²) in [6, 6.07) is 21.3. The van der Waals surface area contributed by atoms with Crippen molar-refractivity contribution in [3.05, 3.63) is 83.3 Å². The second kappa shape index (κ2) is 7.82. The molecule has 0 spiro atoms. The summed E-state index contributed by atoms with van der Waals surface area (Å²) in [7, 11) is 1.65. The first kappa shape index (κ1) is 18.7. The Morgan fingerprint density at radius 2 is 1.90 bits per heavy atom. The van der Waals surface area contributed by atoms with E-state index in [-0.39, 0.29) is 0 Å². The number of ether oxygens (including phenoxy) is 1. The van der Waals surface area contributed by atoms with Gasteiger partial charge in [0, 0.05) is 22.8 Å². The van der Waals surface area contributed by atoms with Crippen molar-refractivity contribution >= 4 is 22.9 Å². The monoisotopic (exact) mass is 433 g/mol. The number of thiophene rings is 1. The maximum absolute atomic E-state index is 6.19. The first-order valence-electron chi connectivity index (χ1n) is 9.22. The van der Waals surface area contributed by atoms with Gasteiger partial charge in [-0.3, -0.25) is 0 Å². The van der Waals surface area contributed by atoms with Crippen molar-refractivity contribution in [2.45, 2.75) is 0 Å². The molecule has 0 aliphatic carbocycles. The lowest BCUT2D eigenvalue weighted by molar-refractivity contribution is 0.415. The summed E-state index contributed by atoms with van der Waals surface area (Å²) in [6.07, 6.45) is 1.93. The number of hydrogen-bond donors (Lipinski definition) is 0. The molecular weight excluding hydrogens is 418 g/mol. The Labute approximate surface area is 182 Å². The van der Waals surface area contributed by atoms with Gasteiger partial charge in [-0.1, -0.05) is 28.9 Å². The topological polar surface area (TPSA) is 53.1 Å². The predicted molar refractivity (Wildman–Crippen MR) is 119 cm³/mol. The van der Waals surface area contributed by atoms with Gasteiger partial charge in [-0.25, -0.2) is 4.68 Å². The van der Waals surface area contributed by atoms with Gasteiger partial charge in [-0.2, -0.15) is 5.10 Å². The minimum Gasteiger partial charge on any atom is -0.497 e. The fourth-order valence-electron chi connectivity index (χ4n) is 3.21. The highest BCUT2D eigenvalue weighted by molar-refractivity contribution is 7.13. The molecule has 0 fully saturated rings. The molecule has 3 heterocycles. The van der Waals surface area contributed by atoms with E-state index in [9.17, 15) is 0 Å². The quantitative estimate of drug-likeness (QED) is 0.314. The normalized spacial score (nSPS) is 11.0. The summed E-state index contributed by atoms with van der Waals surface area (Å²) in [5.41, 5.74) is 4.24. The van der Waals surface area contributed by atoms with E-state index >= 15 is 0 Å². The van der Waals surface area contributed by atoms with Crippen molar-refractivity contribution in [1.82, 2.24) is 14.9 Å². The van der Waals surface area contributed by atoms with Crippen LogP contribution < -0.4 is 4.74 Å². The molecule has 30 heavy (non-hydrogen) atoms. The smallest absolute Gasteiger partial charge is 0.171 e. The van der Waals surface area contributed by atoms with Gasteiger partial charge in [0.2, 0.25) is 0 Å². The number of methoxy groups -OCH3 is 1. The first-order valence-corrected chi connectivity index (χ1v) is 10.5. The lowest BCUT2D eigenvalue weighted by Crippen LogP contribution is -1.94. The Hall–Kier alpha value is -3.35. The molecule has 0 radical (unpaired) electrons. The van der Waals surface area contributed by atoms with Gasteiger partial charge in [-0.05, 0) is 53.9 Å². The van der Waals surface area contributed by atoms with E-state index in [4.69, 9.17) is 26.0 Å². The molecule has 0 aliphatic rings. The van der Waals surface area contributed by atoms with Crippen LogP contribution in [0.4, 0.5) is 0 Å². The van der Waals surface area contributed by atoms with E-state index in [2.05, 4.69) is 5.16 Å². The van der Waals surface area contributed by atoms with Gasteiger partial charge in [0.05, 0.1) is 23.2 Å². The molecule has 0 saturated carbocycles. The Morgan fingerprint density at radius 1 is 1.03 bits per heavy atom. The first-order chi connectivity index (χ1) is 14.7. The Morgan fingerprint density at radius 3 is 2.63 bits per heavy atom. The summed E-state index contributed by atoms with van der Waals surface area (Å²) in [6.45, 7) is 0. The Balaban J connectivity index is 1.64. The molecule has 0 unspecified atom stereocenters. The average molecular weight is 434 g/mol. The van der Waals surface area contributed by atoms with Crippen LogP contribution in [0.25, 0.3) is 38.8 Å². The predicted octanol–water partition coefficient (Wildman–Crippen LogP) is 6.58. The lowest BCUT2D eigenvalue weighted by atomic mass is 10.1. The molecule has 5 rings (SSSR count). The van der Waals surface area contributed by atoms with Gasteiger partial charge in [-0.15, -0.1) is 11.3 Å². The zero-order chi connectivity index (χ0) is 20.5. The van der Waals surface area contributed by atoms with E-state index in [1.54, 1.807) is 23.1 Å². The maximum atomic E-state index is 6.19. The molecular formula is C23H16ClN3O2S. The van der Waals surface area contributed by atoms with Gasteiger partial charge in [0.25, 0.3) is 0 Å². The lowest BCUT2D eigenvalue weighted by Gasteiger charge is -2.03. The van der Waals surface area contributed by atoms with E-state index < -0.39 is 0 Å². The number of nitrogens with zero attached hydrogens (tertiary/aromatic N) is 3. The van der Waals surface area contributed by atoms with Crippen molar-refractivity contribution in [2.24, 2.45) is 0 Å². The number of benzene rings is 2. The van der Waals surface area contributed by atoms with E-state index in [0.717, 1.165) is 38.8 Å². The summed E-state index contributed by atoms with van der Waals surface area (Å²) in [5, 5.41) is 11.7. The molecule has 0 bridgehead atoms. The van der Waals surface area contributed by atoms with E-state index in [0.29, 0.717) is 10.8 Å². The molecule has 5 nitrogen and oxygen atoms in total. The molecule has 3 aromatic heterocycles. The summed E-state index contributed by atoms with van der Waals surface area (Å²) in [5.74, 6) is 1.44. The zero-order valence-electron chi connectivity index (χ0n) is 15.9. The molecule has 0 atom stereocenters. The van der Waals surface area contributed by atoms with Gasteiger partial charge < -0.3 is 9.26 Å². The summed E-state index contributed by atoms with van der Waals surface area (Å²) in [4.78, 5) is 1.05. The molecule has 0 N–H and O–H groups in total. The number of halogens is 1. The molecule has 0 amide bonds. The fourth-order valence-corrected chi connectivity index (χ4v) is 4.07. The van der Waals surface area contributed by atoms with Crippen LogP contribution >= 0.6 is 22.9 Å². The number of aromatic nitrogens is 3. The Bertz CT molecular complexity index is 1290. The van der Waals surface area contributed by atoms with Crippen LogP contribution in [0.5, 0.6) is 5.75 Å². The minimum atomic E-state index is 0.648. The van der Waals surface area contributed by atoms with Crippen LogP contribution in [-0.2, 0) is 0 Å². The average Bonchev–Trinajstić information content (AvgIpc) is 3.53. The highest BCUT2D eigenvalue weighted by Gasteiger charge is 2.19. The van der Waals surface area contributed by atoms with Crippen molar-refractivity contribution in [3.8, 4) is 44.6 Å². The summed E-state index contributed by atoms with van der Waals surface area (Å²) < 4.78 is 12.8. The van der Waals surface area contributed by atoms with Crippen molar-refractivity contribution in [1.29, 1.82) is 0 Å². The minimum absolute atomic E-state index is 0.648. The second-order valence-electron chi connectivity index (χ2n) is 6.60. The third kappa shape index (κ3) is 3.51. The van der Waals surface area contributed by atoms with Crippen LogP contribution in [0.1, 0.15) is 0 Å². The van der Waals surface area contributed by atoms with Crippen LogP contribution in [0.15, 0.2) is 82.8 Å². The van der Waals surface area contributed by atoms with Crippen molar-refractivity contribution in [3.63, 3.8) is 0 Å². The third-order valence-corrected chi connectivity index (χ3v) is 5.83. The SMILES string of the molecule is COc1ccc(-c2nn(-c3cccc(Cl)c3)cc2-c2cc(-c3cccs3)no2)cc1. The highest BCUT2D eigenvalue weighted by atomic mass is 35.5. The standard InChI is InChI=1S/C23H16ClN3O2S/c1-28-18-9-7-15(8-10-18)23-19(14-27(25-23)17-5-2-4-16(24)12-17)21-13-20(26-29-21)22-6-3-11-30-22/h2-14H,1H3. The van der Waals surface area contributed by atoms with Crippen LogP contribution in [-0.4, -0.2) is 22.0 Å². The second-order valence-corrected chi connectivity index (χ2v) is 7.98. The molecule has 0 aliphatic heterocycles. The fraction of sp³-hybridized carbons (Fsp3) is 0.0435. The van der Waals surface area contributed by atoms with Gasteiger partial charge >= 0.3 is 0 Å². The maximum Gasteiger partial charge on any atom is 0.171 e. The Kier molecular flexibility index (Phi) is 4.86. The molecule has 2 aromatic carbocycles. The van der Waals surface area contributed by atoms with Gasteiger partial charge in [0.15, 0.2) is 5.76 Å². The highest BCUT2D eigenvalue weighted by Crippen LogP contribution is 2.35. The molecule has 148 valence electrons. The number of hydrogen-bond acceptors (Lipinski definition) is 5. The zero-order valence-corrected chi connectivity index (χ0v) is 17.5. The van der Waals surface area contributed by atoms with Crippen molar-refractivity contribution in [2.75, 3.05) is 7.11 Å². The third-order valence-electron chi connectivity index (χ3n) is 4.70. The largest absolute Gasteiger partial charge is 0.497 e. The van der Waals surface area contributed by atoms with Gasteiger partial charge in [0.1, 0.15) is 17.1 Å². The van der Waals surface area contributed by atoms with Crippen molar-refractivity contribution < 1.29 is 9.26 Å². The molecule has 0 saturated heterocycles. The molecule has 7 heteroatoms. The summed E-state index contributed by atoms with van der Waals surface area (Å²) >= 11 is 7.81. The van der Waals surface area contributed by atoms with Crippen LogP contribution in [0, 0.1) is 0 Å². The van der Waals surface area contributed by atoms with E-state index in [1.807, 2.05) is 78.3 Å². The van der Waals surface area contributed by atoms with Crippen LogP contribution in [0.2, 0.25) is 5.02 Å². The molecule has 5 aromatic rings.